The maximum absolute atomic E-state index is 6.34. The summed E-state index contributed by atoms with van der Waals surface area (Å²) in [5.41, 5.74) is 10.5. The molecular weight excluding hydrogens is 250 g/mol. The number of aromatic nitrogens is 2. The van der Waals surface area contributed by atoms with Crippen molar-refractivity contribution in [2.45, 2.75) is 33.4 Å². The third kappa shape index (κ3) is 2.02. The maximum atomic E-state index is 6.34. The van der Waals surface area contributed by atoms with Gasteiger partial charge in [0.05, 0.1) is 12.2 Å². The zero-order valence-electron chi connectivity index (χ0n) is 12.1. The second-order valence-electron chi connectivity index (χ2n) is 5.20. The molecule has 0 aliphatic rings. The molecule has 104 valence electrons. The van der Waals surface area contributed by atoms with Gasteiger partial charge in [0.2, 0.25) is 0 Å². The molecule has 4 heteroatoms. The van der Waals surface area contributed by atoms with Gasteiger partial charge in [-0.15, -0.1) is 0 Å². The van der Waals surface area contributed by atoms with E-state index in [-0.39, 0.29) is 6.04 Å². The van der Waals surface area contributed by atoms with Gasteiger partial charge in [-0.3, -0.25) is 4.68 Å². The van der Waals surface area contributed by atoms with Crippen molar-refractivity contribution < 1.29 is 4.42 Å². The van der Waals surface area contributed by atoms with E-state index in [4.69, 9.17) is 10.2 Å². The van der Waals surface area contributed by atoms with E-state index >= 15 is 0 Å². The highest BCUT2D eigenvalue weighted by Gasteiger charge is 2.19. The van der Waals surface area contributed by atoms with Gasteiger partial charge in [-0.25, -0.2) is 0 Å². The maximum Gasteiger partial charge on any atom is 0.134 e. The molecule has 1 aromatic carbocycles. The zero-order chi connectivity index (χ0) is 14.3. The first kappa shape index (κ1) is 12.9. The molecule has 4 nitrogen and oxygen atoms in total. The molecule has 0 fully saturated rings. The van der Waals surface area contributed by atoms with Gasteiger partial charge < -0.3 is 10.2 Å². The molecule has 0 spiro atoms. The Balaban J connectivity index is 2.07. The number of benzene rings is 1. The Morgan fingerprint density at radius 1 is 1.35 bits per heavy atom. The fourth-order valence-electron chi connectivity index (χ4n) is 2.51. The number of hydrogen-bond donors (Lipinski definition) is 1. The molecule has 0 saturated heterocycles. The molecule has 1 atom stereocenters. The van der Waals surface area contributed by atoms with Gasteiger partial charge in [-0.05, 0) is 32.9 Å². The number of furan rings is 1. The SMILES string of the molecule is CCn1cc(C(N)c2oc3ccc(C)cc3c2C)cn1. The average Bonchev–Trinajstić information content (AvgIpc) is 3.04. The topological polar surface area (TPSA) is 57.0 Å². The lowest BCUT2D eigenvalue weighted by molar-refractivity contribution is 0.521. The molecule has 2 aromatic heterocycles. The molecule has 0 aliphatic heterocycles. The molecule has 2 N–H and O–H groups in total. The molecule has 0 saturated carbocycles. The summed E-state index contributed by atoms with van der Waals surface area (Å²) < 4.78 is 7.82. The van der Waals surface area contributed by atoms with E-state index in [1.54, 1.807) is 0 Å². The molecule has 0 bridgehead atoms. The Labute approximate surface area is 118 Å². The van der Waals surface area contributed by atoms with Crippen molar-refractivity contribution in [1.82, 2.24) is 9.78 Å². The number of nitrogens with zero attached hydrogens (tertiary/aromatic N) is 2. The van der Waals surface area contributed by atoms with Crippen molar-refractivity contribution in [3.8, 4) is 0 Å². The Morgan fingerprint density at radius 2 is 2.15 bits per heavy atom. The van der Waals surface area contributed by atoms with Gasteiger partial charge >= 0.3 is 0 Å². The lowest BCUT2D eigenvalue weighted by Gasteiger charge is -2.07. The first-order chi connectivity index (χ1) is 9.60. The molecule has 0 radical (unpaired) electrons. The summed E-state index contributed by atoms with van der Waals surface area (Å²) in [7, 11) is 0. The monoisotopic (exact) mass is 269 g/mol. The van der Waals surface area contributed by atoms with Crippen LogP contribution in [0.5, 0.6) is 0 Å². The summed E-state index contributed by atoms with van der Waals surface area (Å²) >= 11 is 0. The van der Waals surface area contributed by atoms with Gasteiger partial charge in [0, 0.05) is 29.3 Å². The van der Waals surface area contributed by atoms with Crippen LogP contribution in [0.25, 0.3) is 11.0 Å². The van der Waals surface area contributed by atoms with Crippen molar-refractivity contribution in [1.29, 1.82) is 0 Å². The fourth-order valence-corrected chi connectivity index (χ4v) is 2.51. The quantitative estimate of drug-likeness (QED) is 0.793. The lowest BCUT2D eigenvalue weighted by atomic mass is 10.0. The summed E-state index contributed by atoms with van der Waals surface area (Å²) in [5.74, 6) is 0.821. The molecule has 3 rings (SSSR count). The van der Waals surface area contributed by atoms with Crippen LogP contribution in [0.1, 0.15) is 35.4 Å². The second kappa shape index (κ2) is 4.80. The van der Waals surface area contributed by atoms with Crippen molar-refractivity contribution >= 4 is 11.0 Å². The van der Waals surface area contributed by atoms with E-state index in [1.165, 1.54) is 5.56 Å². The molecule has 1 unspecified atom stereocenters. The van der Waals surface area contributed by atoms with Gasteiger partial charge in [0.25, 0.3) is 0 Å². The molecule has 0 aliphatic carbocycles. The summed E-state index contributed by atoms with van der Waals surface area (Å²) in [6.07, 6.45) is 3.79. The van der Waals surface area contributed by atoms with Crippen LogP contribution in [0.2, 0.25) is 0 Å². The van der Waals surface area contributed by atoms with E-state index in [0.29, 0.717) is 0 Å². The predicted octanol–water partition coefficient (Wildman–Crippen LogP) is 3.31. The fraction of sp³-hybridized carbons (Fsp3) is 0.312. The van der Waals surface area contributed by atoms with Crippen molar-refractivity contribution in [3.63, 3.8) is 0 Å². The van der Waals surface area contributed by atoms with Gasteiger partial charge in [0.1, 0.15) is 11.3 Å². The minimum Gasteiger partial charge on any atom is -0.459 e. The van der Waals surface area contributed by atoms with E-state index in [0.717, 1.165) is 34.4 Å². The normalized spacial score (nSPS) is 13.0. The zero-order valence-corrected chi connectivity index (χ0v) is 12.1. The van der Waals surface area contributed by atoms with Gasteiger partial charge in [-0.2, -0.15) is 5.10 Å². The van der Waals surface area contributed by atoms with Crippen molar-refractivity contribution in [2.75, 3.05) is 0 Å². The first-order valence-electron chi connectivity index (χ1n) is 6.87. The average molecular weight is 269 g/mol. The highest BCUT2D eigenvalue weighted by atomic mass is 16.3. The molecule has 3 aromatic rings. The largest absolute Gasteiger partial charge is 0.459 e. The highest BCUT2D eigenvalue weighted by Crippen LogP contribution is 2.31. The van der Waals surface area contributed by atoms with E-state index in [9.17, 15) is 0 Å². The van der Waals surface area contributed by atoms with Crippen LogP contribution < -0.4 is 5.73 Å². The summed E-state index contributed by atoms with van der Waals surface area (Å²) in [5, 5.41) is 5.41. The summed E-state index contributed by atoms with van der Waals surface area (Å²) in [6, 6.07) is 5.92. The predicted molar refractivity (Wildman–Crippen MR) is 79.6 cm³/mol. The Kier molecular flexibility index (Phi) is 3.10. The molecular formula is C16H19N3O. The third-order valence-corrected chi connectivity index (χ3v) is 3.75. The number of fused-ring (bicyclic) bond motifs is 1. The second-order valence-corrected chi connectivity index (χ2v) is 5.20. The minimum absolute atomic E-state index is 0.275. The van der Waals surface area contributed by atoms with E-state index in [1.807, 2.05) is 23.1 Å². The number of rotatable bonds is 3. The summed E-state index contributed by atoms with van der Waals surface area (Å²) in [6.45, 7) is 7.03. The molecule has 0 amide bonds. The van der Waals surface area contributed by atoms with Crippen LogP contribution in [0, 0.1) is 13.8 Å². The van der Waals surface area contributed by atoms with Crippen LogP contribution in [-0.4, -0.2) is 9.78 Å². The van der Waals surface area contributed by atoms with E-state index < -0.39 is 0 Å². The molecule has 2 heterocycles. The Hall–Kier alpha value is -2.07. The summed E-state index contributed by atoms with van der Waals surface area (Å²) in [4.78, 5) is 0. The number of nitrogens with two attached hydrogens (primary N) is 1. The molecule has 20 heavy (non-hydrogen) atoms. The van der Waals surface area contributed by atoms with Crippen LogP contribution in [0.15, 0.2) is 35.0 Å². The first-order valence-corrected chi connectivity index (χ1v) is 6.87. The van der Waals surface area contributed by atoms with Crippen LogP contribution >= 0.6 is 0 Å². The standard InChI is InChI=1S/C16H19N3O/c1-4-19-9-12(8-18-19)15(17)16-11(3)13-7-10(2)5-6-14(13)20-16/h5-9,15H,4,17H2,1-3H3. The van der Waals surface area contributed by atoms with Crippen LogP contribution in [0.4, 0.5) is 0 Å². The van der Waals surface area contributed by atoms with Gasteiger partial charge in [-0.1, -0.05) is 11.6 Å². The van der Waals surface area contributed by atoms with Crippen molar-refractivity contribution in [2.24, 2.45) is 5.73 Å². The third-order valence-electron chi connectivity index (χ3n) is 3.75. The Bertz CT molecular complexity index is 754. The highest BCUT2D eigenvalue weighted by molar-refractivity contribution is 5.83. The van der Waals surface area contributed by atoms with E-state index in [2.05, 4.69) is 38.0 Å². The number of hydrogen-bond acceptors (Lipinski definition) is 3. The Morgan fingerprint density at radius 3 is 2.85 bits per heavy atom. The van der Waals surface area contributed by atoms with Crippen LogP contribution in [-0.2, 0) is 6.54 Å². The van der Waals surface area contributed by atoms with Crippen molar-refractivity contribution in [3.05, 3.63) is 53.0 Å². The minimum atomic E-state index is -0.275. The van der Waals surface area contributed by atoms with Crippen LogP contribution in [0.3, 0.4) is 0 Å². The smallest absolute Gasteiger partial charge is 0.134 e. The lowest BCUT2D eigenvalue weighted by Crippen LogP contribution is -2.11. The number of aryl methyl sites for hydroxylation is 3. The van der Waals surface area contributed by atoms with Gasteiger partial charge in [0.15, 0.2) is 0 Å².